The van der Waals surface area contributed by atoms with Crippen LogP contribution in [-0.2, 0) is 4.79 Å². The maximum Gasteiger partial charge on any atom is 0.256 e. The second kappa shape index (κ2) is 9.80. The van der Waals surface area contributed by atoms with Gasteiger partial charge in [0.25, 0.3) is 5.91 Å². The van der Waals surface area contributed by atoms with Gasteiger partial charge >= 0.3 is 0 Å². The third kappa shape index (κ3) is 5.21. The number of benzene rings is 2. The number of carbonyl (C=O) groups excluding carboxylic acids is 2. The van der Waals surface area contributed by atoms with Crippen molar-refractivity contribution in [3.05, 3.63) is 58.4 Å². The fourth-order valence-corrected chi connectivity index (χ4v) is 3.45. The molecule has 30 heavy (non-hydrogen) atoms. The number of hydrogen-bond acceptors (Lipinski definition) is 4. The Morgan fingerprint density at radius 1 is 1.03 bits per heavy atom. The van der Waals surface area contributed by atoms with E-state index in [2.05, 4.69) is 0 Å². The molecule has 2 aromatic rings. The molecule has 0 aromatic heterocycles. The van der Waals surface area contributed by atoms with E-state index in [1.54, 1.807) is 16.9 Å². The molecule has 0 atom stereocenters. The topological polar surface area (TPSA) is 59.1 Å². The lowest BCUT2D eigenvalue weighted by Gasteiger charge is -2.35. The second-order valence-electron chi connectivity index (χ2n) is 7.05. The van der Waals surface area contributed by atoms with Gasteiger partial charge in [-0.2, -0.15) is 0 Å². The quantitative estimate of drug-likeness (QED) is 0.697. The van der Waals surface area contributed by atoms with E-state index in [4.69, 9.17) is 21.1 Å². The van der Waals surface area contributed by atoms with E-state index in [0.717, 1.165) is 11.6 Å². The number of methoxy groups -OCH3 is 1. The Labute approximate surface area is 180 Å². The van der Waals surface area contributed by atoms with Gasteiger partial charge < -0.3 is 19.3 Å². The number of carbonyl (C=O) groups is 2. The van der Waals surface area contributed by atoms with Crippen LogP contribution in [0.1, 0.15) is 22.3 Å². The minimum Gasteiger partial charge on any atom is -0.493 e. The zero-order valence-electron chi connectivity index (χ0n) is 17.0. The van der Waals surface area contributed by atoms with Crippen molar-refractivity contribution in [3.8, 4) is 11.5 Å². The monoisotopic (exact) mass is 434 g/mol. The van der Waals surface area contributed by atoms with Crippen LogP contribution in [0.2, 0.25) is 5.02 Å². The van der Waals surface area contributed by atoms with Crippen molar-refractivity contribution < 1.29 is 23.5 Å². The molecule has 2 aromatic carbocycles. The van der Waals surface area contributed by atoms with Crippen LogP contribution >= 0.6 is 11.6 Å². The highest BCUT2D eigenvalue weighted by Crippen LogP contribution is 2.27. The van der Waals surface area contributed by atoms with Crippen LogP contribution in [0, 0.1) is 12.7 Å². The summed E-state index contributed by atoms with van der Waals surface area (Å²) >= 11 is 5.74. The third-order valence-corrected chi connectivity index (χ3v) is 5.21. The summed E-state index contributed by atoms with van der Waals surface area (Å²) in [6.45, 7) is 3.68. The average Bonchev–Trinajstić information content (AvgIpc) is 2.74. The van der Waals surface area contributed by atoms with Gasteiger partial charge in [0.1, 0.15) is 5.82 Å². The molecule has 6 nitrogen and oxygen atoms in total. The molecule has 0 spiro atoms. The summed E-state index contributed by atoms with van der Waals surface area (Å²) in [5, 5.41) is 0.241. The van der Waals surface area contributed by atoms with Crippen molar-refractivity contribution in [2.75, 3.05) is 39.9 Å². The number of rotatable bonds is 6. The van der Waals surface area contributed by atoms with Gasteiger partial charge in [0.05, 0.1) is 25.7 Å². The number of halogens is 2. The van der Waals surface area contributed by atoms with E-state index >= 15 is 0 Å². The first-order chi connectivity index (χ1) is 14.4. The van der Waals surface area contributed by atoms with Gasteiger partial charge in [-0.05, 0) is 42.8 Å². The average molecular weight is 435 g/mol. The van der Waals surface area contributed by atoms with Crippen molar-refractivity contribution >= 4 is 23.4 Å². The maximum atomic E-state index is 14.0. The second-order valence-corrected chi connectivity index (χ2v) is 7.49. The van der Waals surface area contributed by atoms with Crippen LogP contribution in [0.15, 0.2) is 36.4 Å². The van der Waals surface area contributed by atoms with Crippen molar-refractivity contribution in [1.82, 2.24) is 9.80 Å². The number of ether oxygens (including phenoxy) is 2. The molecular formula is C22H24ClFN2O4. The SMILES string of the molecule is COc1cc(C)ccc1OCCC(=O)N1CCN(C(=O)c2ccc(Cl)cc2F)CC1. The summed E-state index contributed by atoms with van der Waals surface area (Å²) in [5.74, 6) is 0.131. The highest BCUT2D eigenvalue weighted by molar-refractivity contribution is 6.30. The highest BCUT2D eigenvalue weighted by atomic mass is 35.5. The molecule has 0 N–H and O–H groups in total. The Bertz CT molecular complexity index is 929. The van der Waals surface area contributed by atoms with Crippen LogP contribution in [0.3, 0.4) is 0 Å². The molecule has 3 rings (SSSR count). The molecule has 2 amide bonds. The normalized spacial score (nSPS) is 13.9. The number of nitrogens with zero attached hydrogens (tertiary/aromatic N) is 2. The molecule has 1 aliphatic rings. The summed E-state index contributed by atoms with van der Waals surface area (Å²) in [5.41, 5.74) is 1.04. The fraction of sp³-hybridized carbons (Fsp3) is 0.364. The lowest BCUT2D eigenvalue weighted by Crippen LogP contribution is -2.50. The van der Waals surface area contributed by atoms with Gasteiger partial charge in [-0.15, -0.1) is 0 Å². The molecule has 1 fully saturated rings. The molecule has 1 aliphatic heterocycles. The Hall–Kier alpha value is -2.80. The molecular weight excluding hydrogens is 411 g/mol. The summed E-state index contributed by atoms with van der Waals surface area (Å²) in [7, 11) is 1.57. The Kier molecular flexibility index (Phi) is 7.15. The zero-order valence-corrected chi connectivity index (χ0v) is 17.7. The third-order valence-electron chi connectivity index (χ3n) is 4.97. The molecule has 0 radical (unpaired) electrons. The zero-order chi connectivity index (χ0) is 21.7. The predicted octanol–water partition coefficient (Wildman–Crippen LogP) is 3.55. The van der Waals surface area contributed by atoms with Crippen molar-refractivity contribution in [1.29, 1.82) is 0 Å². The van der Waals surface area contributed by atoms with Crippen LogP contribution in [0.25, 0.3) is 0 Å². The summed E-state index contributed by atoms with van der Waals surface area (Å²) in [6.07, 6.45) is 0.219. The summed E-state index contributed by atoms with van der Waals surface area (Å²) in [4.78, 5) is 28.2. The van der Waals surface area contributed by atoms with Gasteiger partial charge in [-0.3, -0.25) is 9.59 Å². The highest BCUT2D eigenvalue weighted by Gasteiger charge is 2.26. The van der Waals surface area contributed by atoms with E-state index < -0.39 is 11.7 Å². The van der Waals surface area contributed by atoms with Crippen LogP contribution in [0.5, 0.6) is 11.5 Å². The van der Waals surface area contributed by atoms with Gasteiger partial charge in [0, 0.05) is 31.2 Å². The van der Waals surface area contributed by atoms with Crippen LogP contribution < -0.4 is 9.47 Å². The van der Waals surface area contributed by atoms with Crippen LogP contribution in [-0.4, -0.2) is 61.5 Å². The Morgan fingerprint density at radius 3 is 2.40 bits per heavy atom. The lowest BCUT2D eigenvalue weighted by atomic mass is 10.1. The summed E-state index contributed by atoms with van der Waals surface area (Å²) < 4.78 is 25.0. The van der Waals surface area contributed by atoms with Crippen LogP contribution in [0.4, 0.5) is 4.39 Å². The van der Waals surface area contributed by atoms with Gasteiger partial charge in [-0.1, -0.05) is 17.7 Å². The minimum absolute atomic E-state index is 0.0142. The minimum atomic E-state index is -0.644. The van der Waals surface area contributed by atoms with Gasteiger partial charge in [-0.25, -0.2) is 4.39 Å². The van der Waals surface area contributed by atoms with Crippen molar-refractivity contribution in [2.24, 2.45) is 0 Å². The summed E-state index contributed by atoms with van der Waals surface area (Å²) in [6, 6.07) is 9.60. The first-order valence-corrected chi connectivity index (χ1v) is 10.1. The lowest BCUT2D eigenvalue weighted by molar-refractivity contribution is -0.133. The number of hydrogen-bond donors (Lipinski definition) is 0. The molecule has 8 heteroatoms. The smallest absolute Gasteiger partial charge is 0.256 e. The molecule has 1 heterocycles. The van der Waals surface area contributed by atoms with E-state index in [9.17, 15) is 14.0 Å². The van der Waals surface area contributed by atoms with E-state index in [1.807, 2.05) is 25.1 Å². The first-order valence-electron chi connectivity index (χ1n) is 9.68. The Balaban J connectivity index is 1.48. The first kappa shape index (κ1) is 21.9. The molecule has 0 saturated carbocycles. The molecule has 0 bridgehead atoms. The molecule has 0 aliphatic carbocycles. The molecule has 1 saturated heterocycles. The van der Waals surface area contributed by atoms with Crippen molar-refractivity contribution in [3.63, 3.8) is 0 Å². The van der Waals surface area contributed by atoms with Gasteiger partial charge in [0.15, 0.2) is 11.5 Å². The maximum absolute atomic E-state index is 14.0. The number of amides is 2. The predicted molar refractivity (Wildman–Crippen MR) is 112 cm³/mol. The number of piperazine rings is 1. The Morgan fingerprint density at radius 2 is 1.73 bits per heavy atom. The van der Waals surface area contributed by atoms with E-state index in [0.29, 0.717) is 37.7 Å². The fourth-order valence-electron chi connectivity index (χ4n) is 3.29. The van der Waals surface area contributed by atoms with Crippen molar-refractivity contribution in [2.45, 2.75) is 13.3 Å². The number of aryl methyl sites for hydroxylation is 1. The van der Waals surface area contributed by atoms with E-state index in [-0.39, 0.29) is 29.5 Å². The largest absolute Gasteiger partial charge is 0.493 e. The van der Waals surface area contributed by atoms with E-state index in [1.165, 1.54) is 12.1 Å². The molecule has 160 valence electrons. The van der Waals surface area contributed by atoms with Gasteiger partial charge in [0.2, 0.25) is 5.91 Å². The molecule has 0 unspecified atom stereocenters. The standard InChI is InChI=1S/C22H24ClFN2O4/c1-15-3-6-19(20(13-15)29-2)30-12-7-21(27)25-8-10-26(11-9-25)22(28)17-5-4-16(23)14-18(17)24/h3-6,13-14H,7-12H2,1-2H3.